The number of nitrogens with two attached hydrogens (primary N) is 1. The molecule has 4 rings (SSSR count). The molecule has 0 amide bonds. The van der Waals surface area contributed by atoms with Gasteiger partial charge in [-0.2, -0.15) is 0 Å². The zero-order chi connectivity index (χ0) is 14.2. The van der Waals surface area contributed by atoms with Crippen molar-refractivity contribution in [1.29, 1.82) is 0 Å². The summed E-state index contributed by atoms with van der Waals surface area (Å²) in [6, 6.07) is 1.80. The predicted octanol–water partition coefficient (Wildman–Crippen LogP) is 1.97. The molecule has 1 fully saturated rings. The van der Waals surface area contributed by atoms with Crippen LogP contribution in [0.4, 0.5) is 11.5 Å². The first kappa shape index (κ1) is 12.1. The first-order chi connectivity index (χ1) is 10.3. The lowest BCUT2D eigenvalue weighted by Gasteiger charge is -2.16. The molecule has 0 aliphatic carbocycles. The van der Waals surface area contributed by atoms with Gasteiger partial charge in [0.15, 0.2) is 11.5 Å². The number of nitrogens with zero attached hydrogens (tertiary/aromatic N) is 5. The molecule has 3 aromatic rings. The quantitative estimate of drug-likeness (QED) is 0.777. The standard InChI is InChI=1S/C15H16N6/c16-12-3-4-17-9-11(12)13-10-19-15-14(18-5-8-21(13)15)20-6-1-2-7-20/h3-5,8-10H,1-2,6-7H2,(H2,16,17). The van der Waals surface area contributed by atoms with E-state index in [0.717, 1.165) is 35.8 Å². The van der Waals surface area contributed by atoms with Crippen molar-refractivity contribution in [3.8, 4) is 11.3 Å². The van der Waals surface area contributed by atoms with E-state index in [-0.39, 0.29) is 0 Å². The number of aromatic nitrogens is 4. The molecule has 21 heavy (non-hydrogen) atoms. The minimum Gasteiger partial charge on any atom is -0.398 e. The minimum absolute atomic E-state index is 0.700. The summed E-state index contributed by atoms with van der Waals surface area (Å²) < 4.78 is 2.04. The van der Waals surface area contributed by atoms with Crippen LogP contribution in [0.3, 0.4) is 0 Å². The lowest BCUT2D eigenvalue weighted by atomic mass is 10.2. The molecule has 3 aromatic heterocycles. The molecule has 0 bridgehead atoms. The lowest BCUT2D eigenvalue weighted by Crippen LogP contribution is -2.20. The molecule has 1 aliphatic heterocycles. The first-order valence-electron chi connectivity index (χ1n) is 7.11. The molecule has 1 saturated heterocycles. The normalized spacial score (nSPS) is 15.0. The van der Waals surface area contributed by atoms with E-state index in [0.29, 0.717) is 5.69 Å². The van der Waals surface area contributed by atoms with Gasteiger partial charge in [-0.25, -0.2) is 9.97 Å². The number of nitrogen functional groups attached to an aromatic ring is 1. The van der Waals surface area contributed by atoms with Crippen LogP contribution in [0, 0.1) is 0 Å². The number of pyridine rings is 1. The van der Waals surface area contributed by atoms with E-state index in [1.807, 2.05) is 23.0 Å². The largest absolute Gasteiger partial charge is 0.398 e. The van der Waals surface area contributed by atoms with Gasteiger partial charge in [0.05, 0.1) is 11.9 Å². The monoisotopic (exact) mass is 280 g/mol. The van der Waals surface area contributed by atoms with Crippen LogP contribution in [-0.4, -0.2) is 32.4 Å². The Morgan fingerprint density at radius 2 is 1.90 bits per heavy atom. The van der Waals surface area contributed by atoms with Crippen LogP contribution in [0.5, 0.6) is 0 Å². The maximum absolute atomic E-state index is 6.06. The number of imidazole rings is 1. The molecular formula is C15H16N6. The van der Waals surface area contributed by atoms with Crippen molar-refractivity contribution in [2.24, 2.45) is 0 Å². The van der Waals surface area contributed by atoms with E-state index in [9.17, 15) is 0 Å². The molecule has 0 atom stereocenters. The van der Waals surface area contributed by atoms with Crippen LogP contribution in [0.1, 0.15) is 12.8 Å². The van der Waals surface area contributed by atoms with Crippen LogP contribution in [0.15, 0.2) is 37.1 Å². The summed E-state index contributed by atoms with van der Waals surface area (Å²) in [7, 11) is 0. The smallest absolute Gasteiger partial charge is 0.180 e. The highest BCUT2D eigenvalue weighted by molar-refractivity contribution is 5.77. The average Bonchev–Trinajstić information content (AvgIpc) is 3.17. The summed E-state index contributed by atoms with van der Waals surface area (Å²) in [4.78, 5) is 15.5. The maximum Gasteiger partial charge on any atom is 0.180 e. The van der Waals surface area contributed by atoms with E-state index in [1.165, 1.54) is 12.8 Å². The third-order valence-corrected chi connectivity index (χ3v) is 3.95. The van der Waals surface area contributed by atoms with E-state index < -0.39 is 0 Å². The number of hydrogen-bond donors (Lipinski definition) is 1. The minimum atomic E-state index is 0.700. The SMILES string of the molecule is Nc1ccncc1-c1cnc2c(N3CCCC3)nccn12. The first-order valence-corrected chi connectivity index (χ1v) is 7.11. The van der Waals surface area contributed by atoms with Crippen molar-refractivity contribution in [3.05, 3.63) is 37.1 Å². The van der Waals surface area contributed by atoms with Gasteiger partial charge >= 0.3 is 0 Å². The Hall–Kier alpha value is -2.63. The summed E-state index contributed by atoms with van der Waals surface area (Å²) in [6.45, 7) is 2.09. The Morgan fingerprint density at radius 1 is 1.05 bits per heavy atom. The second-order valence-electron chi connectivity index (χ2n) is 5.24. The molecule has 0 unspecified atom stereocenters. The molecule has 6 heteroatoms. The summed E-state index contributed by atoms with van der Waals surface area (Å²) in [5.41, 5.74) is 9.46. The Morgan fingerprint density at radius 3 is 2.71 bits per heavy atom. The van der Waals surface area contributed by atoms with Gasteiger partial charge in [0.1, 0.15) is 0 Å². The second-order valence-corrected chi connectivity index (χ2v) is 5.24. The molecule has 0 spiro atoms. The molecule has 6 nitrogen and oxygen atoms in total. The zero-order valence-corrected chi connectivity index (χ0v) is 11.6. The van der Waals surface area contributed by atoms with Gasteiger partial charge in [0, 0.05) is 49.1 Å². The molecular weight excluding hydrogens is 264 g/mol. The van der Waals surface area contributed by atoms with Gasteiger partial charge < -0.3 is 10.6 Å². The number of anilines is 2. The number of hydrogen-bond acceptors (Lipinski definition) is 5. The zero-order valence-electron chi connectivity index (χ0n) is 11.6. The fourth-order valence-electron chi connectivity index (χ4n) is 2.88. The third-order valence-electron chi connectivity index (χ3n) is 3.95. The Labute approximate surface area is 122 Å². The summed E-state index contributed by atoms with van der Waals surface area (Å²) in [5, 5.41) is 0. The van der Waals surface area contributed by atoms with Crippen LogP contribution in [-0.2, 0) is 0 Å². The van der Waals surface area contributed by atoms with Gasteiger partial charge in [-0.3, -0.25) is 9.38 Å². The van der Waals surface area contributed by atoms with Gasteiger partial charge in [0.2, 0.25) is 0 Å². The van der Waals surface area contributed by atoms with E-state index >= 15 is 0 Å². The summed E-state index contributed by atoms with van der Waals surface area (Å²) >= 11 is 0. The highest BCUT2D eigenvalue weighted by atomic mass is 15.2. The molecule has 2 N–H and O–H groups in total. The van der Waals surface area contributed by atoms with Crippen LogP contribution in [0.25, 0.3) is 16.9 Å². The highest BCUT2D eigenvalue weighted by Gasteiger charge is 2.19. The van der Waals surface area contributed by atoms with Crippen LogP contribution >= 0.6 is 0 Å². The predicted molar refractivity (Wildman–Crippen MR) is 82.1 cm³/mol. The molecule has 0 saturated carbocycles. The molecule has 4 heterocycles. The van der Waals surface area contributed by atoms with Gasteiger partial charge in [0.25, 0.3) is 0 Å². The molecule has 106 valence electrons. The average molecular weight is 280 g/mol. The fourth-order valence-corrected chi connectivity index (χ4v) is 2.88. The fraction of sp³-hybridized carbons (Fsp3) is 0.267. The van der Waals surface area contributed by atoms with Gasteiger partial charge in [-0.1, -0.05) is 0 Å². The van der Waals surface area contributed by atoms with E-state index in [1.54, 1.807) is 18.5 Å². The van der Waals surface area contributed by atoms with Crippen molar-refractivity contribution >= 4 is 17.2 Å². The Bertz CT molecular complexity index is 788. The van der Waals surface area contributed by atoms with Gasteiger partial charge in [-0.05, 0) is 18.9 Å². The highest BCUT2D eigenvalue weighted by Crippen LogP contribution is 2.29. The maximum atomic E-state index is 6.06. The molecule has 0 radical (unpaired) electrons. The third kappa shape index (κ3) is 1.91. The van der Waals surface area contributed by atoms with E-state index in [2.05, 4.69) is 19.9 Å². The number of fused-ring (bicyclic) bond motifs is 1. The molecule has 0 aromatic carbocycles. The summed E-state index contributed by atoms with van der Waals surface area (Å²) in [5.74, 6) is 0.948. The van der Waals surface area contributed by atoms with Crippen molar-refractivity contribution in [2.45, 2.75) is 12.8 Å². The Balaban J connectivity index is 1.89. The molecule has 1 aliphatic rings. The van der Waals surface area contributed by atoms with Crippen LogP contribution < -0.4 is 10.6 Å². The Kier molecular flexibility index (Phi) is 2.73. The van der Waals surface area contributed by atoms with Crippen molar-refractivity contribution < 1.29 is 0 Å². The topological polar surface area (TPSA) is 72.3 Å². The van der Waals surface area contributed by atoms with E-state index in [4.69, 9.17) is 5.73 Å². The second kappa shape index (κ2) is 4.73. The van der Waals surface area contributed by atoms with Gasteiger partial charge in [-0.15, -0.1) is 0 Å². The van der Waals surface area contributed by atoms with Crippen LogP contribution in [0.2, 0.25) is 0 Å². The van der Waals surface area contributed by atoms with Crippen molar-refractivity contribution in [2.75, 3.05) is 23.7 Å². The number of rotatable bonds is 2. The summed E-state index contributed by atoms with van der Waals surface area (Å²) in [6.07, 6.45) is 11.5. The lowest BCUT2D eigenvalue weighted by molar-refractivity contribution is 0.928. The van der Waals surface area contributed by atoms with Crippen molar-refractivity contribution in [3.63, 3.8) is 0 Å². The van der Waals surface area contributed by atoms with Crippen molar-refractivity contribution in [1.82, 2.24) is 19.4 Å².